The van der Waals surface area contributed by atoms with E-state index in [1.807, 2.05) is 19.1 Å². The highest BCUT2D eigenvalue weighted by Gasteiger charge is 2.18. The summed E-state index contributed by atoms with van der Waals surface area (Å²) >= 11 is 0. The Morgan fingerprint density at radius 2 is 1.71 bits per heavy atom. The van der Waals surface area contributed by atoms with Gasteiger partial charge in [0.25, 0.3) is 0 Å². The molecule has 5 nitrogen and oxygen atoms in total. The van der Waals surface area contributed by atoms with Crippen molar-refractivity contribution >= 4 is 12.1 Å². The molecule has 0 spiro atoms. The van der Waals surface area contributed by atoms with Gasteiger partial charge < -0.3 is 14.4 Å². The van der Waals surface area contributed by atoms with Gasteiger partial charge in [0.15, 0.2) is 0 Å². The van der Waals surface area contributed by atoms with Crippen molar-refractivity contribution in [3.8, 4) is 0 Å². The Morgan fingerprint density at radius 3 is 2.33 bits per heavy atom. The van der Waals surface area contributed by atoms with Gasteiger partial charge in [-0.05, 0) is 31.9 Å². The number of amides is 1. The summed E-state index contributed by atoms with van der Waals surface area (Å²) in [6.45, 7) is 7.10. The largest absolute Gasteiger partial charge is 0.462 e. The number of rotatable bonds is 7. The number of esters is 1. The highest BCUT2D eigenvalue weighted by Crippen LogP contribution is 2.14. The fourth-order valence-corrected chi connectivity index (χ4v) is 1.99. The lowest BCUT2D eigenvalue weighted by Crippen LogP contribution is -2.32. The van der Waals surface area contributed by atoms with Gasteiger partial charge in [-0.1, -0.05) is 25.1 Å². The molecular formula is C16H23NO4. The summed E-state index contributed by atoms with van der Waals surface area (Å²) in [5.74, 6) is -0.367. The van der Waals surface area contributed by atoms with E-state index in [2.05, 4.69) is 0 Å². The SMILES string of the molecule is CCCN(Cc1ccccc1C(=O)OCC)C(=O)OCC. The van der Waals surface area contributed by atoms with E-state index in [0.29, 0.717) is 31.9 Å². The van der Waals surface area contributed by atoms with Crippen LogP contribution >= 0.6 is 0 Å². The average molecular weight is 293 g/mol. The molecule has 0 bridgehead atoms. The third-order valence-electron chi connectivity index (χ3n) is 2.89. The van der Waals surface area contributed by atoms with E-state index >= 15 is 0 Å². The van der Waals surface area contributed by atoms with Crippen LogP contribution in [0.2, 0.25) is 0 Å². The van der Waals surface area contributed by atoms with E-state index in [1.54, 1.807) is 30.9 Å². The normalized spacial score (nSPS) is 10.0. The molecule has 0 aliphatic carbocycles. The van der Waals surface area contributed by atoms with Crippen molar-refractivity contribution in [1.29, 1.82) is 0 Å². The third-order valence-corrected chi connectivity index (χ3v) is 2.89. The van der Waals surface area contributed by atoms with Gasteiger partial charge in [0.05, 0.1) is 18.8 Å². The molecule has 21 heavy (non-hydrogen) atoms. The van der Waals surface area contributed by atoms with E-state index < -0.39 is 0 Å². The predicted molar refractivity (Wildman–Crippen MR) is 80.1 cm³/mol. The summed E-state index contributed by atoms with van der Waals surface area (Å²) < 4.78 is 10.1. The average Bonchev–Trinajstić information content (AvgIpc) is 2.47. The molecule has 1 aromatic carbocycles. The zero-order chi connectivity index (χ0) is 15.7. The van der Waals surface area contributed by atoms with Crippen LogP contribution in [0.3, 0.4) is 0 Å². The van der Waals surface area contributed by atoms with Gasteiger partial charge >= 0.3 is 12.1 Å². The van der Waals surface area contributed by atoms with Crippen LogP contribution in [0.5, 0.6) is 0 Å². The van der Waals surface area contributed by atoms with Crippen LogP contribution in [-0.2, 0) is 16.0 Å². The number of hydrogen-bond donors (Lipinski definition) is 0. The van der Waals surface area contributed by atoms with Crippen molar-refractivity contribution in [2.24, 2.45) is 0 Å². The number of carbonyl (C=O) groups is 2. The molecule has 0 saturated carbocycles. The van der Waals surface area contributed by atoms with Crippen molar-refractivity contribution in [2.45, 2.75) is 33.7 Å². The Labute approximate surface area is 125 Å². The second kappa shape index (κ2) is 9.00. The summed E-state index contributed by atoms with van der Waals surface area (Å²) in [6.07, 6.45) is 0.457. The second-order valence-corrected chi connectivity index (χ2v) is 4.50. The molecule has 0 saturated heterocycles. The first-order valence-electron chi connectivity index (χ1n) is 7.30. The highest BCUT2D eigenvalue weighted by molar-refractivity contribution is 5.91. The number of hydrogen-bond acceptors (Lipinski definition) is 4. The van der Waals surface area contributed by atoms with E-state index in [-0.39, 0.29) is 12.1 Å². The van der Waals surface area contributed by atoms with Crippen LogP contribution in [0.15, 0.2) is 24.3 Å². The molecule has 0 aliphatic heterocycles. The molecule has 0 unspecified atom stereocenters. The van der Waals surface area contributed by atoms with Gasteiger partial charge in [0, 0.05) is 13.1 Å². The third kappa shape index (κ3) is 5.10. The molecular weight excluding hydrogens is 270 g/mol. The molecule has 116 valence electrons. The number of benzene rings is 1. The fourth-order valence-electron chi connectivity index (χ4n) is 1.99. The smallest absolute Gasteiger partial charge is 0.410 e. The molecule has 0 atom stereocenters. The van der Waals surface area contributed by atoms with Gasteiger partial charge in [-0.25, -0.2) is 9.59 Å². The Kier molecular flexibility index (Phi) is 7.29. The first kappa shape index (κ1) is 17.0. The zero-order valence-electron chi connectivity index (χ0n) is 12.9. The maximum atomic E-state index is 11.9. The molecule has 5 heteroatoms. The second-order valence-electron chi connectivity index (χ2n) is 4.50. The number of nitrogens with zero attached hydrogens (tertiary/aromatic N) is 1. The van der Waals surface area contributed by atoms with Crippen molar-refractivity contribution in [3.63, 3.8) is 0 Å². The first-order valence-corrected chi connectivity index (χ1v) is 7.30. The minimum absolute atomic E-state index is 0.323. The lowest BCUT2D eigenvalue weighted by molar-refractivity contribution is 0.0522. The van der Waals surface area contributed by atoms with Crippen LogP contribution in [0, 0.1) is 0 Å². The number of carbonyl (C=O) groups excluding carboxylic acids is 2. The lowest BCUT2D eigenvalue weighted by atomic mass is 10.1. The Morgan fingerprint density at radius 1 is 1.05 bits per heavy atom. The van der Waals surface area contributed by atoms with E-state index in [0.717, 1.165) is 12.0 Å². The van der Waals surface area contributed by atoms with Gasteiger partial charge in [0.1, 0.15) is 0 Å². The Bertz CT molecular complexity index is 473. The van der Waals surface area contributed by atoms with Crippen LogP contribution in [0.1, 0.15) is 43.1 Å². The maximum Gasteiger partial charge on any atom is 0.410 e. The van der Waals surface area contributed by atoms with E-state index in [1.165, 1.54) is 0 Å². The zero-order valence-corrected chi connectivity index (χ0v) is 12.9. The minimum Gasteiger partial charge on any atom is -0.462 e. The van der Waals surface area contributed by atoms with Gasteiger partial charge in [-0.2, -0.15) is 0 Å². The summed E-state index contributed by atoms with van der Waals surface area (Å²) in [5, 5.41) is 0. The monoisotopic (exact) mass is 293 g/mol. The molecule has 0 aromatic heterocycles. The maximum absolute atomic E-state index is 11.9. The first-order chi connectivity index (χ1) is 10.1. The van der Waals surface area contributed by atoms with Crippen LogP contribution in [0.25, 0.3) is 0 Å². The molecule has 1 aromatic rings. The van der Waals surface area contributed by atoms with Gasteiger partial charge in [-0.15, -0.1) is 0 Å². The van der Waals surface area contributed by atoms with Crippen molar-refractivity contribution < 1.29 is 19.1 Å². The Balaban J connectivity index is 2.93. The molecule has 1 amide bonds. The van der Waals surface area contributed by atoms with Crippen LogP contribution < -0.4 is 0 Å². The molecule has 0 fully saturated rings. The topological polar surface area (TPSA) is 55.8 Å². The van der Waals surface area contributed by atoms with Crippen LogP contribution in [0.4, 0.5) is 4.79 Å². The van der Waals surface area contributed by atoms with E-state index in [9.17, 15) is 9.59 Å². The summed E-state index contributed by atoms with van der Waals surface area (Å²) in [7, 11) is 0. The minimum atomic E-state index is -0.367. The molecule has 1 rings (SSSR count). The Hall–Kier alpha value is -2.04. The van der Waals surface area contributed by atoms with Gasteiger partial charge in [0.2, 0.25) is 0 Å². The molecule has 0 heterocycles. The molecule has 0 aliphatic rings. The van der Waals surface area contributed by atoms with Crippen molar-refractivity contribution in [3.05, 3.63) is 35.4 Å². The van der Waals surface area contributed by atoms with Crippen LogP contribution in [-0.4, -0.2) is 36.7 Å². The standard InChI is InChI=1S/C16H23NO4/c1-4-11-17(16(19)21-6-3)12-13-9-7-8-10-14(13)15(18)20-5-2/h7-10H,4-6,11-12H2,1-3H3. The number of ether oxygens (including phenoxy) is 2. The van der Waals surface area contributed by atoms with Gasteiger partial charge in [-0.3, -0.25) is 0 Å². The highest BCUT2D eigenvalue weighted by atomic mass is 16.6. The van der Waals surface area contributed by atoms with E-state index in [4.69, 9.17) is 9.47 Å². The summed E-state index contributed by atoms with van der Waals surface area (Å²) in [4.78, 5) is 25.5. The van der Waals surface area contributed by atoms with Crippen molar-refractivity contribution in [2.75, 3.05) is 19.8 Å². The quantitative estimate of drug-likeness (QED) is 0.724. The summed E-state index contributed by atoms with van der Waals surface area (Å²) in [5.41, 5.74) is 1.25. The molecule has 0 N–H and O–H groups in total. The fraction of sp³-hybridized carbons (Fsp3) is 0.500. The lowest BCUT2D eigenvalue weighted by Gasteiger charge is -2.22. The molecule has 0 radical (unpaired) electrons. The van der Waals surface area contributed by atoms with Crippen molar-refractivity contribution in [1.82, 2.24) is 4.90 Å². The predicted octanol–water partition coefficient (Wildman–Crippen LogP) is 3.23. The summed E-state index contributed by atoms with van der Waals surface area (Å²) in [6, 6.07) is 7.16.